The zero-order valence-electron chi connectivity index (χ0n) is 12.8. The van der Waals surface area contributed by atoms with Crippen LogP contribution < -0.4 is 0 Å². The van der Waals surface area contributed by atoms with Crippen molar-refractivity contribution in [1.82, 2.24) is 9.80 Å². The summed E-state index contributed by atoms with van der Waals surface area (Å²) in [5.41, 5.74) is 0. The van der Waals surface area contributed by atoms with Crippen LogP contribution in [0.25, 0.3) is 0 Å². The monoisotopic (exact) mass is 312 g/mol. The molecular weight excluding hydrogens is 288 g/mol. The minimum Gasteiger partial charge on any atom is -0.367 e. The van der Waals surface area contributed by atoms with Gasteiger partial charge in [0.05, 0.1) is 10.9 Å². The van der Waals surface area contributed by atoms with Crippen LogP contribution in [0.4, 0.5) is 0 Å². The number of rotatable bonds is 4. The topological polar surface area (TPSA) is 49.9 Å². The lowest BCUT2D eigenvalue weighted by molar-refractivity contribution is -0.144. The maximum absolute atomic E-state index is 12.2. The van der Waals surface area contributed by atoms with Crippen LogP contribution in [0.1, 0.15) is 25.7 Å². The molecule has 2 saturated heterocycles. The number of hydrogen-bond donors (Lipinski definition) is 0. The summed E-state index contributed by atoms with van der Waals surface area (Å²) in [6, 6.07) is 0. The summed E-state index contributed by atoms with van der Waals surface area (Å²) in [6.45, 7) is 1.90. The minimum atomic E-state index is 0.0105. The molecule has 1 spiro atoms. The summed E-state index contributed by atoms with van der Waals surface area (Å²) in [6.07, 6.45) is 4.48. The third-order valence-corrected chi connectivity index (χ3v) is 6.42. The highest BCUT2D eigenvalue weighted by Gasteiger charge is 2.52. The molecule has 0 unspecified atom stereocenters. The van der Waals surface area contributed by atoms with E-state index in [1.807, 2.05) is 16.7 Å². The van der Waals surface area contributed by atoms with Crippen LogP contribution in [-0.4, -0.2) is 72.0 Å². The molecule has 0 aromatic heterocycles. The van der Waals surface area contributed by atoms with Gasteiger partial charge in [-0.1, -0.05) is 6.42 Å². The van der Waals surface area contributed by atoms with Crippen molar-refractivity contribution in [2.75, 3.05) is 39.5 Å². The first-order valence-electron chi connectivity index (χ1n) is 7.74. The Morgan fingerprint density at radius 3 is 2.62 bits per heavy atom. The number of nitrogens with zero attached hydrogens (tertiary/aromatic N) is 2. The van der Waals surface area contributed by atoms with Gasteiger partial charge in [-0.3, -0.25) is 9.59 Å². The molecule has 3 rings (SSSR count). The zero-order chi connectivity index (χ0) is 15.0. The van der Waals surface area contributed by atoms with Crippen LogP contribution in [0.15, 0.2) is 0 Å². The van der Waals surface area contributed by atoms with E-state index in [-0.39, 0.29) is 23.4 Å². The van der Waals surface area contributed by atoms with Crippen LogP contribution in [0.2, 0.25) is 0 Å². The van der Waals surface area contributed by atoms with Crippen molar-refractivity contribution in [3.05, 3.63) is 0 Å². The van der Waals surface area contributed by atoms with Crippen LogP contribution in [-0.2, 0) is 14.3 Å². The number of hydrogen-bond acceptors (Lipinski definition) is 4. The van der Waals surface area contributed by atoms with Gasteiger partial charge in [-0.25, -0.2) is 0 Å². The number of carbonyl (C=O) groups excluding carboxylic acids is 2. The third-order valence-electron chi connectivity index (χ3n) is 4.84. The van der Waals surface area contributed by atoms with E-state index in [1.54, 1.807) is 19.0 Å². The molecule has 2 aliphatic heterocycles. The highest BCUT2D eigenvalue weighted by atomic mass is 32.2. The van der Waals surface area contributed by atoms with Crippen LogP contribution >= 0.6 is 11.8 Å². The average Bonchev–Trinajstić information content (AvgIpc) is 2.76. The molecule has 3 fully saturated rings. The summed E-state index contributed by atoms with van der Waals surface area (Å²) in [5.74, 6) is 1.61. The fourth-order valence-corrected chi connectivity index (χ4v) is 4.72. The standard InChI is InChI=1S/C15H24N2O3S/c1-16(2)13(18)7-20-12-6-15(21-8-12)9-17(10-15)14(19)11-4-3-5-11/h11-12H,3-10H2,1-2H3/t12-/m0/s1. The van der Waals surface area contributed by atoms with Gasteiger partial charge in [0, 0.05) is 38.9 Å². The summed E-state index contributed by atoms with van der Waals surface area (Å²) >= 11 is 1.91. The Labute approximate surface area is 130 Å². The lowest BCUT2D eigenvalue weighted by Crippen LogP contribution is -2.62. The quantitative estimate of drug-likeness (QED) is 0.776. The molecule has 21 heavy (non-hydrogen) atoms. The van der Waals surface area contributed by atoms with E-state index in [0.29, 0.717) is 11.8 Å². The van der Waals surface area contributed by atoms with Crippen LogP contribution in [0.3, 0.4) is 0 Å². The van der Waals surface area contributed by atoms with Crippen molar-refractivity contribution in [3.8, 4) is 0 Å². The van der Waals surface area contributed by atoms with E-state index < -0.39 is 0 Å². The lowest BCUT2D eigenvalue weighted by Gasteiger charge is -2.49. The molecule has 0 bridgehead atoms. The summed E-state index contributed by atoms with van der Waals surface area (Å²) < 4.78 is 5.92. The molecule has 0 aromatic carbocycles. The Morgan fingerprint density at radius 1 is 1.33 bits per heavy atom. The van der Waals surface area contributed by atoms with Crippen molar-refractivity contribution in [2.45, 2.75) is 36.5 Å². The van der Waals surface area contributed by atoms with Crippen molar-refractivity contribution in [1.29, 1.82) is 0 Å². The SMILES string of the molecule is CN(C)C(=O)CO[C@@H]1CSC2(C1)CN(C(=O)C1CCC1)C2. The Balaban J connectivity index is 1.41. The molecule has 3 aliphatic rings. The highest BCUT2D eigenvalue weighted by Crippen LogP contribution is 2.47. The van der Waals surface area contributed by atoms with Crippen LogP contribution in [0.5, 0.6) is 0 Å². The van der Waals surface area contributed by atoms with Gasteiger partial charge in [0.2, 0.25) is 11.8 Å². The average molecular weight is 312 g/mol. The number of likely N-dealkylation sites (N-methyl/N-ethyl adjacent to an activating group) is 1. The fraction of sp³-hybridized carbons (Fsp3) is 0.867. The fourth-order valence-electron chi connectivity index (χ4n) is 3.17. The minimum absolute atomic E-state index is 0.0105. The first kappa shape index (κ1) is 15.2. The van der Waals surface area contributed by atoms with Crippen molar-refractivity contribution >= 4 is 23.6 Å². The van der Waals surface area contributed by atoms with E-state index in [0.717, 1.165) is 38.1 Å². The molecule has 6 heteroatoms. The van der Waals surface area contributed by atoms with Gasteiger partial charge in [0.15, 0.2) is 0 Å². The summed E-state index contributed by atoms with van der Waals surface area (Å²) in [5, 5.41) is 0. The normalized spacial score (nSPS) is 27.3. The molecule has 2 heterocycles. The number of carbonyl (C=O) groups is 2. The number of amides is 2. The maximum Gasteiger partial charge on any atom is 0.248 e. The highest BCUT2D eigenvalue weighted by molar-refractivity contribution is 8.01. The molecular formula is C15H24N2O3S. The van der Waals surface area contributed by atoms with E-state index >= 15 is 0 Å². The Kier molecular flexibility index (Phi) is 4.19. The molecule has 118 valence electrons. The summed E-state index contributed by atoms with van der Waals surface area (Å²) in [4.78, 5) is 27.3. The number of thioether (sulfide) groups is 1. The van der Waals surface area contributed by atoms with Gasteiger partial charge in [0.1, 0.15) is 6.61 Å². The first-order valence-corrected chi connectivity index (χ1v) is 8.72. The second-order valence-corrected chi connectivity index (χ2v) is 8.23. The molecule has 0 radical (unpaired) electrons. The Bertz CT molecular complexity index is 431. The molecule has 1 atom stereocenters. The van der Waals surface area contributed by atoms with Gasteiger partial charge in [0.25, 0.3) is 0 Å². The molecule has 5 nitrogen and oxygen atoms in total. The molecule has 1 aliphatic carbocycles. The largest absolute Gasteiger partial charge is 0.367 e. The molecule has 0 N–H and O–H groups in total. The predicted molar refractivity (Wildman–Crippen MR) is 82.2 cm³/mol. The van der Waals surface area contributed by atoms with E-state index in [9.17, 15) is 9.59 Å². The van der Waals surface area contributed by atoms with Gasteiger partial charge < -0.3 is 14.5 Å². The predicted octanol–water partition coefficient (Wildman–Crippen LogP) is 0.978. The maximum atomic E-state index is 12.2. The zero-order valence-corrected chi connectivity index (χ0v) is 13.7. The Hall–Kier alpha value is -0.750. The van der Waals surface area contributed by atoms with Crippen molar-refractivity contribution in [3.63, 3.8) is 0 Å². The van der Waals surface area contributed by atoms with E-state index in [1.165, 1.54) is 6.42 Å². The summed E-state index contributed by atoms with van der Waals surface area (Å²) in [7, 11) is 3.49. The molecule has 0 aromatic rings. The van der Waals surface area contributed by atoms with Crippen LogP contribution in [0, 0.1) is 5.92 Å². The second kappa shape index (κ2) is 5.80. The van der Waals surface area contributed by atoms with E-state index in [2.05, 4.69) is 0 Å². The molecule has 2 amide bonds. The first-order chi connectivity index (χ1) is 9.99. The molecule has 1 saturated carbocycles. The smallest absolute Gasteiger partial charge is 0.248 e. The third kappa shape index (κ3) is 3.06. The van der Waals surface area contributed by atoms with Crippen molar-refractivity contribution < 1.29 is 14.3 Å². The Morgan fingerprint density at radius 2 is 2.05 bits per heavy atom. The number of ether oxygens (including phenoxy) is 1. The van der Waals surface area contributed by atoms with Gasteiger partial charge in [-0.15, -0.1) is 11.8 Å². The van der Waals surface area contributed by atoms with Crippen molar-refractivity contribution in [2.24, 2.45) is 5.92 Å². The van der Waals surface area contributed by atoms with E-state index in [4.69, 9.17) is 4.74 Å². The van der Waals surface area contributed by atoms with Gasteiger partial charge in [-0.05, 0) is 19.3 Å². The number of likely N-dealkylation sites (tertiary alicyclic amines) is 1. The lowest BCUT2D eigenvalue weighted by atomic mass is 9.82. The van der Waals surface area contributed by atoms with Gasteiger partial charge in [-0.2, -0.15) is 0 Å². The van der Waals surface area contributed by atoms with Gasteiger partial charge >= 0.3 is 0 Å². The second-order valence-electron chi connectivity index (χ2n) is 6.74.